The molecule has 0 saturated carbocycles. The van der Waals surface area contributed by atoms with E-state index in [1.807, 2.05) is 37.3 Å². The third kappa shape index (κ3) is 4.31. The van der Waals surface area contributed by atoms with E-state index in [1.165, 1.54) is 11.3 Å². The Hall–Kier alpha value is -3.06. The molecule has 0 bridgehead atoms. The molecule has 0 aliphatic heterocycles. The Bertz CT molecular complexity index is 981. The lowest BCUT2D eigenvalue weighted by Gasteiger charge is -2.07. The maximum absolute atomic E-state index is 12.1. The molecule has 0 atom stereocenters. The summed E-state index contributed by atoms with van der Waals surface area (Å²) in [6.07, 6.45) is 0.0943. The Labute approximate surface area is 154 Å². The number of hydrogen-bond donors (Lipinski definition) is 2. The molecule has 0 spiro atoms. The molecule has 26 heavy (non-hydrogen) atoms. The second kappa shape index (κ2) is 7.88. The number of aromatic nitrogens is 1. The van der Waals surface area contributed by atoms with Crippen molar-refractivity contribution in [3.8, 4) is 0 Å². The lowest BCUT2D eigenvalue weighted by molar-refractivity contribution is -0.121. The van der Waals surface area contributed by atoms with Crippen LogP contribution in [0, 0.1) is 6.92 Å². The number of benzene rings is 1. The highest BCUT2D eigenvalue weighted by atomic mass is 32.1. The fourth-order valence-electron chi connectivity index (χ4n) is 2.38. The van der Waals surface area contributed by atoms with Crippen LogP contribution in [-0.4, -0.2) is 22.6 Å². The van der Waals surface area contributed by atoms with Crippen LogP contribution < -0.4 is 10.9 Å². The number of nitrogens with one attached hydrogen (secondary N) is 2. The topological polar surface area (TPSA) is 88.2 Å². The number of carbonyl (C=O) groups excluding carboxylic acids is 3. The molecular formula is C19H17N3O3S. The van der Waals surface area contributed by atoms with E-state index in [4.69, 9.17) is 0 Å². The number of thiophene rings is 1. The highest BCUT2D eigenvalue weighted by Gasteiger charge is 2.13. The zero-order valence-electron chi connectivity index (χ0n) is 14.1. The summed E-state index contributed by atoms with van der Waals surface area (Å²) in [6.45, 7) is 1.92. The van der Waals surface area contributed by atoms with Crippen molar-refractivity contribution < 1.29 is 14.4 Å². The highest BCUT2D eigenvalue weighted by Crippen LogP contribution is 2.17. The Morgan fingerprint density at radius 3 is 2.54 bits per heavy atom. The Balaban J connectivity index is 1.50. The third-order valence-corrected chi connectivity index (χ3v) is 4.78. The number of hydrazine groups is 1. The van der Waals surface area contributed by atoms with Gasteiger partial charge in [-0.1, -0.05) is 24.3 Å². The fraction of sp³-hybridized carbons (Fsp3) is 0.158. The molecule has 2 amide bonds. The number of pyridine rings is 1. The molecule has 0 aliphatic rings. The van der Waals surface area contributed by atoms with E-state index in [-0.39, 0.29) is 24.3 Å². The van der Waals surface area contributed by atoms with Crippen molar-refractivity contribution in [3.05, 3.63) is 64.0 Å². The van der Waals surface area contributed by atoms with Crippen LogP contribution in [0.4, 0.5) is 0 Å². The molecule has 2 N–H and O–H groups in total. The summed E-state index contributed by atoms with van der Waals surface area (Å²) in [5.74, 6) is -1.02. The lowest BCUT2D eigenvalue weighted by atomic mass is 10.2. The molecule has 0 radical (unpaired) electrons. The standard InChI is InChI=1S/C19H17N3O3S/c1-12-6-10-17(26-12)16(23)9-11-18(24)21-22-19(25)15-8-7-13-4-2-3-5-14(13)20-15/h2-8,10H,9,11H2,1H3,(H,21,24)(H,22,25). The van der Waals surface area contributed by atoms with Crippen LogP contribution in [-0.2, 0) is 4.79 Å². The van der Waals surface area contributed by atoms with Gasteiger partial charge in [0.05, 0.1) is 10.4 Å². The first-order valence-electron chi connectivity index (χ1n) is 8.07. The smallest absolute Gasteiger partial charge is 0.288 e. The summed E-state index contributed by atoms with van der Waals surface area (Å²) in [4.78, 5) is 41.9. The zero-order chi connectivity index (χ0) is 18.5. The summed E-state index contributed by atoms with van der Waals surface area (Å²) in [7, 11) is 0. The van der Waals surface area contributed by atoms with E-state index < -0.39 is 11.8 Å². The number of nitrogens with zero attached hydrogens (tertiary/aromatic N) is 1. The number of para-hydroxylation sites is 1. The first kappa shape index (κ1) is 17.8. The normalized spacial score (nSPS) is 10.5. The van der Waals surface area contributed by atoms with E-state index in [2.05, 4.69) is 15.8 Å². The summed E-state index contributed by atoms with van der Waals surface area (Å²) >= 11 is 1.40. The first-order valence-corrected chi connectivity index (χ1v) is 8.89. The van der Waals surface area contributed by atoms with Gasteiger partial charge in [-0.2, -0.15) is 0 Å². The lowest BCUT2D eigenvalue weighted by Crippen LogP contribution is -2.42. The number of amides is 2. The molecule has 132 valence electrons. The molecule has 1 aromatic carbocycles. The number of fused-ring (bicyclic) bond motifs is 1. The SMILES string of the molecule is Cc1ccc(C(=O)CCC(=O)NNC(=O)c2ccc3ccccc3n2)s1. The van der Waals surface area contributed by atoms with Crippen LogP contribution in [0.15, 0.2) is 48.5 Å². The molecule has 3 rings (SSSR count). The second-order valence-electron chi connectivity index (χ2n) is 5.72. The molecule has 3 aromatic rings. The number of hydrogen-bond acceptors (Lipinski definition) is 5. The first-order chi connectivity index (χ1) is 12.5. The van der Waals surface area contributed by atoms with E-state index in [9.17, 15) is 14.4 Å². The van der Waals surface area contributed by atoms with Gasteiger partial charge in [-0.05, 0) is 31.2 Å². The van der Waals surface area contributed by atoms with Gasteiger partial charge < -0.3 is 0 Å². The molecule has 6 nitrogen and oxygen atoms in total. The summed E-state index contributed by atoms with van der Waals surface area (Å²) < 4.78 is 0. The van der Waals surface area contributed by atoms with E-state index in [0.29, 0.717) is 10.4 Å². The van der Waals surface area contributed by atoms with E-state index >= 15 is 0 Å². The predicted octanol–water partition coefficient (Wildman–Crippen LogP) is 3.03. The van der Waals surface area contributed by atoms with E-state index in [1.54, 1.807) is 18.2 Å². The number of carbonyl (C=O) groups is 3. The summed E-state index contributed by atoms with van der Waals surface area (Å²) in [6, 6.07) is 14.4. The van der Waals surface area contributed by atoms with Crippen molar-refractivity contribution in [2.45, 2.75) is 19.8 Å². The largest absolute Gasteiger partial charge is 0.293 e. The molecule has 0 fully saturated rings. The van der Waals surface area contributed by atoms with Crippen molar-refractivity contribution in [1.82, 2.24) is 15.8 Å². The van der Waals surface area contributed by atoms with Gasteiger partial charge >= 0.3 is 0 Å². The number of Topliss-reactive ketones (excluding diaryl/α,β-unsaturated/α-hetero) is 1. The van der Waals surface area contributed by atoms with Gasteiger partial charge in [0.1, 0.15) is 5.69 Å². The quantitative estimate of drug-likeness (QED) is 0.536. The van der Waals surface area contributed by atoms with Gasteiger partial charge in [-0.15, -0.1) is 11.3 Å². The van der Waals surface area contributed by atoms with Crippen LogP contribution >= 0.6 is 11.3 Å². The summed E-state index contributed by atoms with van der Waals surface area (Å²) in [5, 5.41) is 0.926. The van der Waals surface area contributed by atoms with Gasteiger partial charge in [0.2, 0.25) is 5.91 Å². The van der Waals surface area contributed by atoms with Gasteiger partial charge in [0.25, 0.3) is 5.91 Å². The predicted molar refractivity (Wildman–Crippen MR) is 100.0 cm³/mol. The van der Waals surface area contributed by atoms with Crippen LogP contribution in [0.3, 0.4) is 0 Å². The van der Waals surface area contributed by atoms with Crippen LogP contribution in [0.5, 0.6) is 0 Å². The minimum Gasteiger partial charge on any atom is -0.293 e. The van der Waals surface area contributed by atoms with Crippen molar-refractivity contribution >= 4 is 39.8 Å². The maximum atomic E-state index is 12.1. The molecule has 2 aromatic heterocycles. The van der Waals surface area contributed by atoms with Crippen molar-refractivity contribution in [2.24, 2.45) is 0 Å². The Morgan fingerprint density at radius 1 is 0.962 bits per heavy atom. The van der Waals surface area contributed by atoms with Gasteiger partial charge in [-0.25, -0.2) is 4.98 Å². The van der Waals surface area contributed by atoms with Crippen molar-refractivity contribution in [1.29, 1.82) is 0 Å². The van der Waals surface area contributed by atoms with Gasteiger partial charge in [0, 0.05) is 23.1 Å². The second-order valence-corrected chi connectivity index (χ2v) is 7.01. The maximum Gasteiger partial charge on any atom is 0.288 e. The van der Waals surface area contributed by atoms with Crippen LogP contribution in [0.1, 0.15) is 37.9 Å². The average molecular weight is 367 g/mol. The molecule has 0 saturated heterocycles. The van der Waals surface area contributed by atoms with Gasteiger partial charge in [-0.3, -0.25) is 25.2 Å². The molecule has 0 aliphatic carbocycles. The van der Waals surface area contributed by atoms with Crippen molar-refractivity contribution in [3.63, 3.8) is 0 Å². The molecular weight excluding hydrogens is 350 g/mol. The Kier molecular flexibility index (Phi) is 5.38. The van der Waals surface area contributed by atoms with Crippen LogP contribution in [0.25, 0.3) is 10.9 Å². The summed E-state index contributed by atoms with van der Waals surface area (Å²) in [5.41, 5.74) is 5.54. The van der Waals surface area contributed by atoms with Crippen LogP contribution in [0.2, 0.25) is 0 Å². The number of rotatable bonds is 5. The molecule has 7 heteroatoms. The van der Waals surface area contributed by atoms with Crippen molar-refractivity contribution in [2.75, 3.05) is 0 Å². The minimum atomic E-state index is -0.510. The molecule has 0 unspecified atom stereocenters. The van der Waals surface area contributed by atoms with Gasteiger partial charge in [0.15, 0.2) is 5.78 Å². The number of ketones is 1. The average Bonchev–Trinajstić information content (AvgIpc) is 3.10. The Morgan fingerprint density at radius 2 is 1.77 bits per heavy atom. The van der Waals surface area contributed by atoms with E-state index in [0.717, 1.165) is 10.3 Å². The molecule has 2 heterocycles. The number of aryl methyl sites for hydroxylation is 1. The zero-order valence-corrected chi connectivity index (χ0v) is 14.9. The highest BCUT2D eigenvalue weighted by molar-refractivity contribution is 7.14. The minimum absolute atomic E-state index is 0.00120. The third-order valence-electron chi connectivity index (χ3n) is 3.74. The fourth-order valence-corrected chi connectivity index (χ4v) is 3.22. The monoisotopic (exact) mass is 367 g/mol.